The minimum absolute atomic E-state index is 0.129. The molecular formula is C18H17FN2O2. The fraction of sp³-hybridized carbons (Fsp3) is 0.167. The summed E-state index contributed by atoms with van der Waals surface area (Å²) < 4.78 is 14.8. The summed E-state index contributed by atoms with van der Waals surface area (Å²) in [5.74, 6) is -0.437. The van der Waals surface area contributed by atoms with Crippen molar-refractivity contribution in [2.75, 3.05) is 6.61 Å². The molecule has 0 atom stereocenters. The summed E-state index contributed by atoms with van der Waals surface area (Å²) in [4.78, 5) is 14.8. The monoisotopic (exact) mass is 312 g/mol. The van der Waals surface area contributed by atoms with E-state index >= 15 is 0 Å². The summed E-state index contributed by atoms with van der Waals surface area (Å²) in [6.45, 7) is 2.12. The smallest absolute Gasteiger partial charge is 0.272 e. The van der Waals surface area contributed by atoms with Gasteiger partial charge in [-0.05, 0) is 30.0 Å². The van der Waals surface area contributed by atoms with E-state index in [1.165, 1.54) is 16.7 Å². The van der Waals surface area contributed by atoms with Crippen LogP contribution in [0.1, 0.15) is 18.9 Å². The third-order valence-corrected chi connectivity index (χ3v) is 3.80. The van der Waals surface area contributed by atoms with Crippen LogP contribution in [0.15, 0.2) is 53.6 Å². The molecule has 1 aromatic carbocycles. The fourth-order valence-corrected chi connectivity index (χ4v) is 2.55. The predicted molar refractivity (Wildman–Crippen MR) is 88.8 cm³/mol. The van der Waals surface area contributed by atoms with E-state index in [9.17, 15) is 9.18 Å². The van der Waals surface area contributed by atoms with Gasteiger partial charge < -0.3 is 14.5 Å². The number of nitrogens with one attached hydrogen (secondary N) is 1. The molecule has 0 saturated carbocycles. The average molecular weight is 312 g/mol. The van der Waals surface area contributed by atoms with Crippen LogP contribution in [0.2, 0.25) is 0 Å². The van der Waals surface area contributed by atoms with Crippen LogP contribution in [-0.2, 0) is 0 Å². The second-order valence-electron chi connectivity index (χ2n) is 5.42. The number of halogens is 1. The fourth-order valence-electron chi connectivity index (χ4n) is 2.55. The topological polar surface area (TPSA) is 57.5 Å². The first-order chi connectivity index (χ1) is 11.1. The maximum absolute atomic E-state index is 13.3. The molecule has 0 aliphatic heterocycles. The molecule has 2 N–H and O–H groups in total. The van der Waals surface area contributed by atoms with Crippen molar-refractivity contribution in [3.05, 3.63) is 70.5 Å². The Balaban J connectivity index is 1.97. The highest BCUT2D eigenvalue weighted by atomic mass is 19.1. The number of allylic oxidation sites excluding steroid dienone is 1. The molecule has 2 aromatic heterocycles. The number of rotatable bonds is 4. The lowest BCUT2D eigenvalue weighted by Crippen LogP contribution is -2.09. The number of hydrogen-bond donors (Lipinski definition) is 2. The Morgan fingerprint density at radius 3 is 2.74 bits per heavy atom. The van der Waals surface area contributed by atoms with Crippen molar-refractivity contribution in [1.82, 2.24) is 9.38 Å². The van der Waals surface area contributed by atoms with Gasteiger partial charge in [0.2, 0.25) is 0 Å². The number of benzene rings is 1. The molecule has 0 fully saturated rings. The number of hydrogen-bond acceptors (Lipinski definition) is 2. The normalized spacial score (nSPS) is 12.0. The summed E-state index contributed by atoms with van der Waals surface area (Å²) in [6.07, 6.45) is 5.58. The van der Waals surface area contributed by atoms with E-state index in [1.54, 1.807) is 6.20 Å². The van der Waals surface area contributed by atoms with Crippen LogP contribution in [0, 0.1) is 5.82 Å². The Morgan fingerprint density at radius 2 is 2.04 bits per heavy atom. The molecule has 2 heterocycles. The largest absolute Gasteiger partial charge is 0.396 e. The first kappa shape index (κ1) is 15.2. The van der Waals surface area contributed by atoms with Gasteiger partial charge in [-0.1, -0.05) is 30.3 Å². The molecule has 0 bridgehead atoms. The molecule has 3 aromatic rings. The molecule has 5 heteroatoms. The van der Waals surface area contributed by atoms with E-state index in [0.29, 0.717) is 12.1 Å². The van der Waals surface area contributed by atoms with Crippen LogP contribution in [0.3, 0.4) is 0 Å². The van der Waals surface area contributed by atoms with Crippen molar-refractivity contribution in [1.29, 1.82) is 0 Å². The number of nitrogens with zero attached hydrogens (tertiary/aromatic N) is 1. The van der Waals surface area contributed by atoms with Gasteiger partial charge in [0.1, 0.15) is 11.3 Å². The van der Waals surface area contributed by atoms with E-state index in [1.807, 2.05) is 37.3 Å². The highest BCUT2D eigenvalue weighted by molar-refractivity contribution is 5.68. The molecule has 0 aliphatic carbocycles. The molecule has 0 saturated heterocycles. The summed E-state index contributed by atoms with van der Waals surface area (Å²) >= 11 is 0. The van der Waals surface area contributed by atoms with Gasteiger partial charge in [-0.2, -0.15) is 0 Å². The lowest BCUT2D eigenvalue weighted by Gasteiger charge is -2.06. The average Bonchev–Trinajstić information content (AvgIpc) is 2.93. The predicted octanol–water partition coefficient (Wildman–Crippen LogP) is 3.22. The van der Waals surface area contributed by atoms with Gasteiger partial charge in [0.25, 0.3) is 5.56 Å². The van der Waals surface area contributed by atoms with Crippen LogP contribution < -0.4 is 5.56 Å². The molecule has 4 nitrogen and oxygen atoms in total. The number of H-pyrrole nitrogens is 1. The lowest BCUT2D eigenvalue weighted by molar-refractivity contribution is 0.303. The minimum atomic E-state index is -0.437. The molecule has 23 heavy (non-hydrogen) atoms. The maximum Gasteiger partial charge on any atom is 0.272 e. The molecule has 0 aliphatic rings. The number of aromatic nitrogens is 2. The first-order valence-electron chi connectivity index (χ1n) is 7.37. The summed E-state index contributed by atoms with van der Waals surface area (Å²) in [6, 6.07) is 8.93. The number of fused-ring (bicyclic) bond motifs is 1. The number of aliphatic hydroxyl groups excluding tert-OH is 1. The second kappa shape index (κ2) is 6.22. The van der Waals surface area contributed by atoms with E-state index in [2.05, 4.69) is 4.98 Å². The Morgan fingerprint density at radius 1 is 1.30 bits per heavy atom. The molecule has 3 rings (SSSR count). The van der Waals surface area contributed by atoms with E-state index in [0.717, 1.165) is 16.7 Å². The standard InChI is InChI=1S/C18H17FN2O2/c1-12(3-2-8-22)13-4-6-14(7-5-13)16-11-21-10-15(19)9-17(21)18(23)20-16/h3-7,9-11,22H,2,8H2,1H3,(H,20,23)/b12-3+. The molecule has 0 amide bonds. The van der Waals surface area contributed by atoms with E-state index < -0.39 is 5.82 Å². The van der Waals surface area contributed by atoms with Crippen molar-refractivity contribution >= 4 is 11.1 Å². The summed E-state index contributed by atoms with van der Waals surface area (Å²) in [5, 5.41) is 8.86. The second-order valence-corrected chi connectivity index (χ2v) is 5.42. The lowest BCUT2D eigenvalue weighted by atomic mass is 10.0. The molecule has 0 unspecified atom stereocenters. The van der Waals surface area contributed by atoms with E-state index in [-0.39, 0.29) is 17.7 Å². The first-order valence-corrected chi connectivity index (χ1v) is 7.37. The van der Waals surface area contributed by atoms with E-state index in [4.69, 9.17) is 5.11 Å². The quantitative estimate of drug-likeness (QED) is 0.777. The zero-order chi connectivity index (χ0) is 16.4. The van der Waals surface area contributed by atoms with Gasteiger partial charge in [-0.25, -0.2) is 4.39 Å². The van der Waals surface area contributed by atoms with Crippen molar-refractivity contribution in [2.24, 2.45) is 0 Å². The maximum atomic E-state index is 13.3. The zero-order valence-corrected chi connectivity index (χ0v) is 12.7. The van der Waals surface area contributed by atoms with Crippen LogP contribution in [0.5, 0.6) is 0 Å². The van der Waals surface area contributed by atoms with Crippen LogP contribution >= 0.6 is 0 Å². The summed E-state index contributed by atoms with van der Waals surface area (Å²) in [5.41, 5.74) is 3.57. The third-order valence-electron chi connectivity index (χ3n) is 3.80. The Labute approximate surface area is 132 Å². The van der Waals surface area contributed by atoms with Gasteiger partial charge in [0.15, 0.2) is 0 Å². The van der Waals surface area contributed by atoms with Crippen molar-refractivity contribution in [3.63, 3.8) is 0 Å². The van der Waals surface area contributed by atoms with Crippen molar-refractivity contribution in [2.45, 2.75) is 13.3 Å². The highest BCUT2D eigenvalue weighted by Crippen LogP contribution is 2.21. The minimum Gasteiger partial charge on any atom is -0.396 e. The molecule has 0 radical (unpaired) electrons. The summed E-state index contributed by atoms with van der Waals surface area (Å²) in [7, 11) is 0. The zero-order valence-electron chi connectivity index (χ0n) is 12.7. The SMILES string of the molecule is C/C(=C\CCO)c1ccc(-c2cn3cc(F)cc3c(=O)[nH]2)cc1. The Hall–Kier alpha value is -2.66. The van der Waals surface area contributed by atoms with Gasteiger partial charge in [0.05, 0.1) is 5.69 Å². The third kappa shape index (κ3) is 3.10. The van der Waals surface area contributed by atoms with Crippen LogP contribution in [-0.4, -0.2) is 21.1 Å². The van der Waals surface area contributed by atoms with Gasteiger partial charge >= 0.3 is 0 Å². The van der Waals surface area contributed by atoms with Crippen LogP contribution in [0.25, 0.3) is 22.3 Å². The molecule has 0 spiro atoms. The van der Waals surface area contributed by atoms with Gasteiger partial charge in [-0.3, -0.25) is 4.79 Å². The van der Waals surface area contributed by atoms with Crippen LogP contribution in [0.4, 0.5) is 4.39 Å². The molecular weight excluding hydrogens is 295 g/mol. The number of aromatic amines is 1. The van der Waals surface area contributed by atoms with Crippen molar-refractivity contribution < 1.29 is 9.50 Å². The Bertz CT molecular complexity index is 920. The van der Waals surface area contributed by atoms with Gasteiger partial charge in [0, 0.05) is 25.1 Å². The number of aliphatic hydroxyl groups is 1. The molecule has 118 valence electrons. The Kier molecular flexibility index (Phi) is 4.12. The van der Waals surface area contributed by atoms with Gasteiger partial charge in [-0.15, -0.1) is 0 Å². The van der Waals surface area contributed by atoms with Crippen molar-refractivity contribution in [3.8, 4) is 11.3 Å². The highest BCUT2D eigenvalue weighted by Gasteiger charge is 2.07.